The van der Waals surface area contributed by atoms with Crippen molar-refractivity contribution in [1.29, 1.82) is 0 Å². The molecule has 9 N–H and O–H groups in total. The Hall–Kier alpha value is -7.04. The van der Waals surface area contributed by atoms with E-state index in [4.69, 9.17) is 0 Å². The molecule has 0 radical (unpaired) electrons. The van der Waals surface area contributed by atoms with Gasteiger partial charge in [0.25, 0.3) is 0 Å². The van der Waals surface area contributed by atoms with Crippen LogP contribution in [0.2, 0.25) is 0 Å². The first-order chi connectivity index (χ1) is 33.9. The minimum Gasteiger partial charge on any atom is -0.481 e. The Bertz CT molecular complexity index is 2520. The van der Waals surface area contributed by atoms with Crippen LogP contribution in [0.3, 0.4) is 0 Å². The van der Waals surface area contributed by atoms with Crippen LogP contribution in [0, 0.1) is 17.8 Å². The molecule has 1 saturated carbocycles. The number of carboxylic acids is 2. The number of aryl methyl sites for hydroxylation is 2. The molecule has 0 unspecified atom stereocenters. The lowest BCUT2D eigenvalue weighted by Gasteiger charge is -2.34. The van der Waals surface area contributed by atoms with Crippen molar-refractivity contribution >= 4 is 58.3 Å². The summed E-state index contributed by atoms with van der Waals surface area (Å²) in [4.78, 5) is 113. The molecule has 3 aromatic carbocycles. The molecule has 4 aromatic rings. The minimum absolute atomic E-state index is 0.0368. The van der Waals surface area contributed by atoms with Crippen molar-refractivity contribution in [2.75, 3.05) is 0 Å². The maximum Gasteiger partial charge on any atom is 0.326 e. The molecule has 17 heteroatoms. The van der Waals surface area contributed by atoms with E-state index in [1.165, 1.54) is 6.92 Å². The van der Waals surface area contributed by atoms with Crippen LogP contribution in [0.1, 0.15) is 120 Å². The number of H-pyrrole nitrogens is 1. The molecular formula is C54H69N7O10. The maximum absolute atomic E-state index is 14.6. The molecule has 71 heavy (non-hydrogen) atoms. The van der Waals surface area contributed by atoms with Gasteiger partial charge in [0.15, 0.2) is 0 Å². The van der Waals surface area contributed by atoms with Crippen LogP contribution in [0.4, 0.5) is 0 Å². The van der Waals surface area contributed by atoms with Gasteiger partial charge in [-0.25, -0.2) is 4.79 Å². The van der Waals surface area contributed by atoms with E-state index in [9.17, 15) is 48.6 Å². The number of nitrogens with one attached hydrogen (secondary N) is 7. The highest BCUT2D eigenvalue weighted by atomic mass is 16.4. The number of aliphatic carboxylic acids is 2. The molecule has 0 spiro atoms. The van der Waals surface area contributed by atoms with Crippen LogP contribution in [-0.2, 0) is 57.6 Å². The summed E-state index contributed by atoms with van der Waals surface area (Å²) in [6.45, 7) is 8.55. The second kappa shape index (κ2) is 24.7. The number of carbonyl (C=O) groups excluding carboxylic acids is 6. The zero-order valence-corrected chi connectivity index (χ0v) is 41.2. The van der Waals surface area contributed by atoms with Crippen molar-refractivity contribution in [3.05, 3.63) is 107 Å². The SMILES string of the molecule is CC[C@H](C)[C@H](NC(=O)[C@@H](NC(=O)[C@H](CC(=O)O)NC(=O)[C@H](CC(C)C)NC(=O)[C@H](NC(C)=O)C1c2ccccc2CCc2ccccc21)C1CCCCC1)C(=O)N[C@@H](Cc1c[nH]c2ccccc12)C(=O)O. The third-order valence-electron chi connectivity index (χ3n) is 14.0. The van der Waals surface area contributed by atoms with Gasteiger partial charge in [0.2, 0.25) is 35.4 Å². The third kappa shape index (κ3) is 13.9. The molecule has 17 nitrogen and oxygen atoms in total. The molecule has 2 aliphatic rings. The third-order valence-corrected chi connectivity index (χ3v) is 14.0. The topological polar surface area (TPSA) is 265 Å². The number of amides is 6. The van der Waals surface area contributed by atoms with Crippen LogP contribution in [0.15, 0.2) is 79.0 Å². The van der Waals surface area contributed by atoms with E-state index in [2.05, 4.69) is 36.9 Å². The van der Waals surface area contributed by atoms with Crippen LogP contribution in [0.5, 0.6) is 0 Å². The van der Waals surface area contributed by atoms with Gasteiger partial charge in [-0.1, -0.05) is 120 Å². The Morgan fingerprint density at radius 2 is 1.20 bits per heavy atom. The molecule has 0 saturated heterocycles. The number of hydrogen-bond donors (Lipinski definition) is 9. The van der Waals surface area contributed by atoms with Crippen molar-refractivity contribution < 1.29 is 48.6 Å². The lowest BCUT2D eigenvalue weighted by atomic mass is 9.82. The van der Waals surface area contributed by atoms with E-state index in [0.717, 1.165) is 52.4 Å². The average Bonchev–Trinajstić information content (AvgIpc) is 3.67. The number of aromatic nitrogens is 1. The van der Waals surface area contributed by atoms with Crippen molar-refractivity contribution in [2.24, 2.45) is 17.8 Å². The number of rotatable bonds is 22. The first kappa shape index (κ1) is 53.3. The standard InChI is InChI=1S/C54H69N7O10/c1-6-31(4)46(51(67)59-43(54(70)71)27-36-29-55-40-23-15-14-20-37(36)40)60-52(68)47(35-18-8-7-9-19-35)61-50(66)42(28-44(63)64)57-49(65)41(26-30(2)3)58-53(69)48(56-32(5)62)45-38-21-12-10-16-33(38)24-25-34-17-11-13-22-39(34)45/h10-17,20-23,29-31,35,41-43,45-48,55H,6-9,18-19,24-28H2,1-5H3,(H,56,62)(H,57,65)(H,58,69)(H,59,67)(H,60,68)(H,61,66)(H,63,64)(H,70,71)/t31-,41-,42-,43-,46-,47-,48+/m0/s1. The average molecular weight is 976 g/mol. The molecule has 1 fully saturated rings. The lowest BCUT2D eigenvalue weighted by molar-refractivity contribution is -0.142. The Morgan fingerprint density at radius 1 is 0.634 bits per heavy atom. The number of carbonyl (C=O) groups is 8. The van der Waals surface area contributed by atoms with Gasteiger partial charge in [0, 0.05) is 36.4 Å². The zero-order valence-electron chi connectivity index (χ0n) is 41.2. The van der Waals surface area contributed by atoms with Gasteiger partial charge >= 0.3 is 11.9 Å². The molecule has 6 rings (SSSR count). The number of para-hydroxylation sites is 1. The molecular weight excluding hydrogens is 907 g/mol. The quantitative estimate of drug-likeness (QED) is 0.0520. The highest BCUT2D eigenvalue weighted by Crippen LogP contribution is 2.37. The monoisotopic (exact) mass is 976 g/mol. The number of carboxylic acid groups (broad SMARTS) is 2. The van der Waals surface area contributed by atoms with E-state index in [1.807, 2.05) is 93.6 Å². The highest BCUT2D eigenvalue weighted by Gasteiger charge is 2.40. The van der Waals surface area contributed by atoms with Gasteiger partial charge in [-0.2, -0.15) is 0 Å². The summed E-state index contributed by atoms with van der Waals surface area (Å²) in [5.41, 5.74) is 5.22. The maximum atomic E-state index is 14.6. The Labute approximate surface area is 414 Å². The van der Waals surface area contributed by atoms with Crippen molar-refractivity contribution in [3.63, 3.8) is 0 Å². The molecule has 1 heterocycles. The smallest absolute Gasteiger partial charge is 0.326 e. The Kier molecular flexibility index (Phi) is 18.5. The lowest BCUT2D eigenvalue weighted by Crippen LogP contribution is -2.62. The van der Waals surface area contributed by atoms with Crippen LogP contribution < -0.4 is 31.9 Å². The highest BCUT2D eigenvalue weighted by molar-refractivity contribution is 5.98. The van der Waals surface area contributed by atoms with Crippen LogP contribution in [-0.4, -0.2) is 98.8 Å². The first-order valence-corrected chi connectivity index (χ1v) is 24.9. The molecule has 6 amide bonds. The molecule has 0 bridgehead atoms. The first-order valence-electron chi connectivity index (χ1n) is 24.9. The number of aromatic amines is 1. The van der Waals surface area contributed by atoms with Crippen LogP contribution in [0.25, 0.3) is 10.9 Å². The zero-order chi connectivity index (χ0) is 51.4. The van der Waals surface area contributed by atoms with Gasteiger partial charge in [-0.15, -0.1) is 0 Å². The molecule has 380 valence electrons. The second-order valence-corrected chi connectivity index (χ2v) is 19.6. The molecule has 0 aliphatic heterocycles. The summed E-state index contributed by atoms with van der Waals surface area (Å²) in [7, 11) is 0. The minimum atomic E-state index is -1.70. The van der Waals surface area contributed by atoms with Gasteiger partial charge < -0.3 is 47.1 Å². The van der Waals surface area contributed by atoms with E-state index >= 15 is 0 Å². The Morgan fingerprint density at radius 3 is 1.79 bits per heavy atom. The fraction of sp³-hybridized carbons (Fsp3) is 0.481. The predicted octanol–water partition coefficient (Wildman–Crippen LogP) is 4.80. The van der Waals surface area contributed by atoms with Gasteiger partial charge in [0.05, 0.1) is 6.42 Å². The summed E-state index contributed by atoms with van der Waals surface area (Å²) in [6.07, 6.45) is 6.18. The summed E-state index contributed by atoms with van der Waals surface area (Å²) in [5.74, 6) is -8.75. The number of fused-ring (bicyclic) bond motifs is 3. The predicted molar refractivity (Wildman–Crippen MR) is 267 cm³/mol. The normalized spacial score (nSPS) is 16.8. The van der Waals surface area contributed by atoms with Crippen molar-refractivity contribution in [1.82, 2.24) is 36.9 Å². The fourth-order valence-electron chi connectivity index (χ4n) is 10.1. The van der Waals surface area contributed by atoms with Crippen molar-refractivity contribution in [2.45, 2.75) is 147 Å². The van der Waals surface area contributed by atoms with Crippen molar-refractivity contribution in [3.8, 4) is 0 Å². The second-order valence-electron chi connectivity index (χ2n) is 19.6. The summed E-state index contributed by atoms with van der Waals surface area (Å²) >= 11 is 0. The summed E-state index contributed by atoms with van der Waals surface area (Å²) in [5, 5.41) is 37.5. The van der Waals surface area contributed by atoms with E-state index in [0.29, 0.717) is 37.7 Å². The van der Waals surface area contributed by atoms with Gasteiger partial charge in [-0.05, 0) is 83.7 Å². The summed E-state index contributed by atoms with van der Waals surface area (Å²) < 4.78 is 0. The molecule has 2 aliphatic carbocycles. The number of benzene rings is 3. The molecule has 7 atom stereocenters. The van der Waals surface area contributed by atoms with Gasteiger partial charge in [0.1, 0.15) is 36.3 Å². The van der Waals surface area contributed by atoms with E-state index < -0.39 is 108 Å². The number of hydrogen-bond acceptors (Lipinski definition) is 8. The van der Waals surface area contributed by atoms with Gasteiger partial charge in [-0.3, -0.25) is 33.6 Å². The van der Waals surface area contributed by atoms with Crippen LogP contribution >= 0.6 is 0 Å². The summed E-state index contributed by atoms with van der Waals surface area (Å²) in [6, 6.07) is 14.9. The largest absolute Gasteiger partial charge is 0.481 e. The Balaban J connectivity index is 1.22. The van der Waals surface area contributed by atoms with E-state index in [1.54, 1.807) is 13.1 Å². The fourth-order valence-corrected chi connectivity index (χ4v) is 10.1. The van der Waals surface area contributed by atoms with E-state index in [-0.39, 0.29) is 18.8 Å². The molecule has 1 aromatic heterocycles.